The molecule has 29 heavy (non-hydrogen) atoms. The van der Waals surface area contributed by atoms with Crippen molar-refractivity contribution < 1.29 is 14.0 Å². The third-order valence-corrected chi connectivity index (χ3v) is 4.85. The predicted octanol–water partition coefficient (Wildman–Crippen LogP) is 4.05. The molecule has 2 amide bonds. The molecule has 0 saturated heterocycles. The Labute approximate surface area is 175 Å². The summed E-state index contributed by atoms with van der Waals surface area (Å²) in [5.74, 6) is -2.11. The number of para-hydroxylation sites is 1. The minimum atomic E-state index is -0.900. The normalized spacial score (nSPS) is 10.7. The van der Waals surface area contributed by atoms with E-state index in [0.29, 0.717) is 16.3 Å². The molecule has 0 fully saturated rings. The van der Waals surface area contributed by atoms with Crippen molar-refractivity contribution in [3.05, 3.63) is 81.3 Å². The molecule has 3 aromatic rings. The summed E-state index contributed by atoms with van der Waals surface area (Å²) in [5.41, 5.74) is 3.47. The van der Waals surface area contributed by atoms with E-state index in [4.69, 9.17) is 11.6 Å². The van der Waals surface area contributed by atoms with Crippen LogP contribution in [0.3, 0.4) is 0 Å². The zero-order valence-electron chi connectivity index (χ0n) is 15.0. The van der Waals surface area contributed by atoms with Gasteiger partial charge in [0.05, 0.1) is 18.4 Å². The van der Waals surface area contributed by atoms with Crippen LogP contribution >= 0.6 is 22.9 Å². The maximum atomic E-state index is 13.9. The van der Waals surface area contributed by atoms with E-state index in [1.165, 1.54) is 23.6 Å². The molecule has 0 unspecified atom stereocenters. The number of hydrogen-bond acceptors (Lipinski definition) is 5. The van der Waals surface area contributed by atoms with Crippen molar-refractivity contribution in [3.63, 3.8) is 0 Å². The SMILES string of the molecule is O=C(NCc1cccs1)C(=O)N/N=C\c1cc(Cl)ccc1Nc1ccccc1F. The van der Waals surface area contributed by atoms with Gasteiger partial charge in [0.2, 0.25) is 0 Å². The molecule has 6 nitrogen and oxygen atoms in total. The quantitative estimate of drug-likeness (QED) is 0.313. The van der Waals surface area contributed by atoms with E-state index >= 15 is 0 Å². The van der Waals surface area contributed by atoms with E-state index in [1.807, 2.05) is 17.5 Å². The second-order valence-electron chi connectivity index (χ2n) is 5.80. The van der Waals surface area contributed by atoms with Crippen molar-refractivity contribution in [1.82, 2.24) is 10.7 Å². The van der Waals surface area contributed by atoms with Crippen molar-refractivity contribution in [2.75, 3.05) is 5.32 Å². The molecule has 0 radical (unpaired) electrons. The average Bonchev–Trinajstić information content (AvgIpc) is 3.23. The molecule has 1 aromatic heterocycles. The fourth-order valence-electron chi connectivity index (χ4n) is 2.33. The van der Waals surface area contributed by atoms with E-state index in [2.05, 4.69) is 21.2 Å². The van der Waals surface area contributed by atoms with Crippen molar-refractivity contribution in [2.24, 2.45) is 5.10 Å². The number of rotatable bonds is 6. The minimum absolute atomic E-state index is 0.263. The molecule has 3 N–H and O–H groups in total. The highest BCUT2D eigenvalue weighted by Crippen LogP contribution is 2.24. The third-order valence-electron chi connectivity index (χ3n) is 3.74. The van der Waals surface area contributed by atoms with Crippen LogP contribution in [0.4, 0.5) is 15.8 Å². The van der Waals surface area contributed by atoms with Gasteiger partial charge in [-0.25, -0.2) is 9.82 Å². The molecule has 3 rings (SSSR count). The molecule has 9 heteroatoms. The standard InChI is InChI=1S/C20H16ClFN4O2S/c21-14-7-8-17(25-18-6-2-1-5-16(18)22)13(10-14)11-24-26-20(28)19(27)23-12-15-4-3-9-29-15/h1-11,25H,12H2,(H,23,27)(H,26,28)/b24-11-. The first-order valence-corrected chi connectivity index (χ1v) is 9.73. The number of nitrogens with one attached hydrogen (secondary N) is 3. The lowest BCUT2D eigenvalue weighted by Crippen LogP contribution is -2.37. The summed E-state index contributed by atoms with van der Waals surface area (Å²) < 4.78 is 13.9. The number of amides is 2. The van der Waals surface area contributed by atoms with Gasteiger partial charge in [-0.2, -0.15) is 5.10 Å². The zero-order chi connectivity index (χ0) is 20.6. The molecular weight excluding hydrogens is 415 g/mol. The van der Waals surface area contributed by atoms with Gasteiger partial charge in [0.1, 0.15) is 5.82 Å². The summed E-state index contributed by atoms with van der Waals surface area (Å²) in [7, 11) is 0. The number of thiophene rings is 1. The van der Waals surface area contributed by atoms with Gasteiger partial charge in [-0.05, 0) is 41.8 Å². The minimum Gasteiger partial charge on any atom is -0.353 e. The van der Waals surface area contributed by atoms with Crippen molar-refractivity contribution in [3.8, 4) is 0 Å². The molecule has 0 atom stereocenters. The summed E-state index contributed by atoms with van der Waals surface area (Å²) in [6.45, 7) is 0.263. The lowest BCUT2D eigenvalue weighted by molar-refractivity contribution is -0.139. The molecule has 1 heterocycles. The van der Waals surface area contributed by atoms with Gasteiger partial charge in [-0.15, -0.1) is 11.3 Å². The molecule has 148 valence electrons. The van der Waals surface area contributed by atoms with E-state index in [1.54, 1.807) is 36.4 Å². The monoisotopic (exact) mass is 430 g/mol. The lowest BCUT2D eigenvalue weighted by atomic mass is 10.2. The maximum Gasteiger partial charge on any atom is 0.329 e. The maximum absolute atomic E-state index is 13.9. The Hall–Kier alpha value is -3.23. The average molecular weight is 431 g/mol. The van der Waals surface area contributed by atoms with Crippen LogP contribution < -0.4 is 16.1 Å². The fraction of sp³-hybridized carbons (Fsp3) is 0.0500. The van der Waals surface area contributed by atoms with Crippen LogP contribution in [0.1, 0.15) is 10.4 Å². The molecular formula is C20H16ClFN4O2S. The smallest absolute Gasteiger partial charge is 0.329 e. The van der Waals surface area contributed by atoms with Gasteiger partial charge in [0.15, 0.2) is 0 Å². The number of hydrogen-bond donors (Lipinski definition) is 3. The number of nitrogens with zero attached hydrogens (tertiary/aromatic N) is 1. The van der Waals surface area contributed by atoms with Crippen LogP contribution in [0.15, 0.2) is 65.1 Å². The molecule has 0 aliphatic rings. The first-order chi connectivity index (χ1) is 14.0. The van der Waals surface area contributed by atoms with Crippen LogP contribution in [0.25, 0.3) is 0 Å². The molecule has 0 aliphatic carbocycles. The van der Waals surface area contributed by atoms with Crippen molar-refractivity contribution in [1.29, 1.82) is 0 Å². The van der Waals surface area contributed by atoms with E-state index in [0.717, 1.165) is 4.88 Å². The Bertz CT molecular complexity index is 1040. The topological polar surface area (TPSA) is 82.6 Å². The van der Waals surface area contributed by atoms with Gasteiger partial charge >= 0.3 is 11.8 Å². The second kappa shape index (κ2) is 9.81. The highest BCUT2D eigenvalue weighted by Gasteiger charge is 2.12. The molecule has 2 aromatic carbocycles. The van der Waals surface area contributed by atoms with Crippen LogP contribution in [-0.4, -0.2) is 18.0 Å². The molecule has 0 aliphatic heterocycles. The Kier molecular flexibility index (Phi) is 6.94. The molecule has 0 bridgehead atoms. The highest BCUT2D eigenvalue weighted by molar-refractivity contribution is 7.09. The van der Waals surface area contributed by atoms with E-state index in [9.17, 15) is 14.0 Å². The zero-order valence-corrected chi connectivity index (χ0v) is 16.6. The summed E-state index contributed by atoms with van der Waals surface area (Å²) in [4.78, 5) is 24.6. The van der Waals surface area contributed by atoms with Crippen LogP contribution in [0.2, 0.25) is 5.02 Å². The first-order valence-electron chi connectivity index (χ1n) is 8.47. The Morgan fingerprint density at radius 3 is 2.66 bits per heavy atom. The Balaban J connectivity index is 1.63. The number of hydrazone groups is 1. The van der Waals surface area contributed by atoms with Gasteiger partial charge in [0, 0.05) is 21.2 Å². The van der Waals surface area contributed by atoms with Crippen LogP contribution in [0, 0.1) is 5.82 Å². The Morgan fingerprint density at radius 1 is 1.07 bits per heavy atom. The number of benzene rings is 2. The third kappa shape index (κ3) is 5.87. The van der Waals surface area contributed by atoms with Gasteiger partial charge in [0.25, 0.3) is 0 Å². The number of carbonyl (C=O) groups excluding carboxylic acids is 2. The molecule has 0 spiro atoms. The lowest BCUT2D eigenvalue weighted by Gasteiger charge is -2.10. The van der Waals surface area contributed by atoms with Crippen molar-refractivity contribution >= 4 is 52.3 Å². The molecule has 0 saturated carbocycles. The summed E-state index contributed by atoms with van der Waals surface area (Å²) in [5, 5.41) is 11.6. The number of halogens is 2. The van der Waals surface area contributed by atoms with Crippen LogP contribution in [-0.2, 0) is 16.1 Å². The van der Waals surface area contributed by atoms with E-state index in [-0.39, 0.29) is 12.2 Å². The highest BCUT2D eigenvalue weighted by atomic mass is 35.5. The summed E-state index contributed by atoms with van der Waals surface area (Å²) >= 11 is 7.49. The fourth-order valence-corrected chi connectivity index (χ4v) is 3.16. The van der Waals surface area contributed by atoms with Crippen molar-refractivity contribution in [2.45, 2.75) is 6.54 Å². The Morgan fingerprint density at radius 2 is 1.90 bits per heavy atom. The van der Waals surface area contributed by atoms with Gasteiger partial charge < -0.3 is 10.6 Å². The second-order valence-corrected chi connectivity index (χ2v) is 7.27. The first kappa shape index (κ1) is 20.5. The van der Waals surface area contributed by atoms with Gasteiger partial charge in [-0.1, -0.05) is 29.8 Å². The summed E-state index contributed by atoms with van der Waals surface area (Å²) in [6, 6.07) is 14.8. The largest absolute Gasteiger partial charge is 0.353 e. The van der Waals surface area contributed by atoms with E-state index < -0.39 is 17.6 Å². The predicted molar refractivity (Wildman–Crippen MR) is 113 cm³/mol. The van der Waals surface area contributed by atoms with Gasteiger partial charge in [-0.3, -0.25) is 9.59 Å². The van der Waals surface area contributed by atoms with Crippen LogP contribution in [0.5, 0.6) is 0 Å². The summed E-state index contributed by atoms with van der Waals surface area (Å²) in [6.07, 6.45) is 1.32. The number of anilines is 2. The number of carbonyl (C=O) groups is 2.